The Morgan fingerprint density at radius 1 is 0.887 bits per heavy atom. The first-order valence-electron chi connectivity index (χ1n) is 17.4. The predicted octanol–water partition coefficient (Wildman–Crippen LogP) is 6.13. The number of fused-ring (bicyclic) bond motifs is 4. The van der Waals surface area contributed by atoms with Gasteiger partial charge in [0.1, 0.15) is 11.6 Å². The molecule has 4 aliphatic rings. The number of phenolic OH excluding ortho intramolecular Hbond substituents is 2. The fourth-order valence-electron chi connectivity index (χ4n) is 9.13. The Morgan fingerprint density at radius 2 is 1.60 bits per heavy atom. The molecule has 3 N–H and O–H groups in total. The molecule has 270 valence electrons. The standard InChI is InChI=1S/C41H35ClFN3O7/c1-53-33-4-2-3-30(36(33)48)35-28-17-18-29-34(39(51)45(37(29)49)20-19-22-5-15-27(47)16-6-22)31(28)21-32-38(50)46(44-26-13-11-25(43)12-14-26)40(52)41(32,35)23-7-9-24(42)10-8-23/h2-17,29,31-32,34-35,44,47-48H,18-21H2,1H3/t29-,31+,32-,34-,35+,41+/m0/s1. The molecule has 2 saturated heterocycles. The van der Waals surface area contributed by atoms with Gasteiger partial charge in [-0.2, -0.15) is 5.01 Å². The number of para-hydroxylation sites is 1. The van der Waals surface area contributed by atoms with Crippen molar-refractivity contribution in [2.45, 2.75) is 30.6 Å². The third kappa shape index (κ3) is 5.36. The van der Waals surface area contributed by atoms with Crippen molar-refractivity contribution >= 4 is 40.9 Å². The molecule has 8 rings (SSSR count). The van der Waals surface area contributed by atoms with E-state index in [-0.39, 0.29) is 48.4 Å². The average molecular weight is 736 g/mol. The minimum Gasteiger partial charge on any atom is -0.508 e. The van der Waals surface area contributed by atoms with Crippen molar-refractivity contribution in [2.24, 2.45) is 23.7 Å². The number of hydrogen-bond donors (Lipinski definition) is 3. The highest BCUT2D eigenvalue weighted by molar-refractivity contribution is 6.30. The summed E-state index contributed by atoms with van der Waals surface area (Å²) in [5, 5.41) is 22.9. The zero-order chi connectivity index (χ0) is 37.2. The van der Waals surface area contributed by atoms with E-state index in [0.717, 1.165) is 10.6 Å². The zero-order valence-corrected chi connectivity index (χ0v) is 29.3. The maximum absolute atomic E-state index is 15.2. The number of amides is 4. The summed E-state index contributed by atoms with van der Waals surface area (Å²) >= 11 is 6.35. The van der Waals surface area contributed by atoms with Gasteiger partial charge >= 0.3 is 0 Å². The van der Waals surface area contributed by atoms with E-state index in [0.29, 0.717) is 33.8 Å². The number of anilines is 1. The first kappa shape index (κ1) is 34.4. The van der Waals surface area contributed by atoms with Crippen LogP contribution in [0.4, 0.5) is 10.1 Å². The smallest absolute Gasteiger partial charge is 0.260 e. The second kappa shape index (κ2) is 13.1. The van der Waals surface area contributed by atoms with Crippen LogP contribution in [0.25, 0.3) is 0 Å². The van der Waals surface area contributed by atoms with Gasteiger partial charge in [-0.1, -0.05) is 59.6 Å². The van der Waals surface area contributed by atoms with E-state index in [9.17, 15) is 29.0 Å². The van der Waals surface area contributed by atoms with E-state index in [2.05, 4.69) is 5.43 Å². The second-order valence-corrected chi connectivity index (χ2v) is 14.5. The molecule has 12 heteroatoms. The zero-order valence-electron chi connectivity index (χ0n) is 28.5. The molecule has 10 nitrogen and oxygen atoms in total. The number of benzene rings is 4. The summed E-state index contributed by atoms with van der Waals surface area (Å²) < 4.78 is 19.4. The predicted molar refractivity (Wildman–Crippen MR) is 192 cm³/mol. The van der Waals surface area contributed by atoms with Crippen molar-refractivity contribution in [3.63, 3.8) is 0 Å². The molecule has 4 amide bonds. The molecule has 0 aromatic heterocycles. The summed E-state index contributed by atoms with van der Waals surface area (Å²) in [5.41, 5.74) is 3.90. The molecule has 3 fully saturated rings. The van der Waals surface area contributed by atoms with Crippen molar-refractivity contribution in [3.05, 3.63) is 130 Å². The number of hydrazine groups is 1. The third-order valence-electron chi connectivity index (χ3n) is 11.5. The number of phenols is 2. The molecular formula is C41H35ClFN3O7. The number of likely N-dealkylation sites (tertiary alicyclic amines) is 1. The Labute approximate surface area is 309 Å². The SMILES string of the molecule is COc1cccc([C@H]2C3=CC[C@@H]4C(=O)N(CCc5ccc(O)cc5)C(=O)[C@@H]4[C@@H]3C[C@H]3C(=O)N(Nc4ccc(F)cc4)C(=O)[C@@]23c2ccc(Cl)cc2)c1O. The van der Waals surface area contributed by atoms with Gasteiger partial charge in [0, 0.05) is 23.0 Å². The lowest BCUT2D eigenvalue weighted by Crippen LogP contribution is -2.53. The van der Waals surface area contributed by atoms with Gasteiger partial charge in [-0.15, -0.1) is 0 Å². The Hall–Kier alpha value is -5.68. The minimum absolute atomic E-state index is 0.0633. The molecular weight excluding hydrogens is 701 g/mol. The van der Waals surface area contributed by atoms with Crippen LogP contribution in [-0.4, -0.2) is 57.4 Å². The lowest BCUT2D eigenvalue weighted by Gasteiger charge is -2.50. The number of halogens is 2. The van der Waals surface area contributed by atoms with Crippen LogP contribution in [-0.2, 0) is 31.0 Å². The maximum Gasteiger partial charge on any atom is 0.260 e. The third-order valence-corrected chi connectivity index (χ3v) is 11.7. The van der Waals surface area contributed by atoms with E-state index in [1.807, 2.05) is 6.08 Å². The monoisotopic (exact) mass is 735 g/mol. The molecule has 0 radical (unpaired) electrons. The number of nitrogens with zero attached hydrogens (tertiary/aromatic N) is 2. The van der Waals surface area contributed by atoms with Crippen LogP contribution in [0.5, 0.6) is 17.2 Å². The summed E-state index contributed by atoms with van der Waals surface area (Å²) in [4.78, 5) is 59.6. The summed E-state index contributed by atoms with van der Waals surface area (Å²) in [7, 11) is 1.42. The maximum atomic E-state index is 15.2. The molecule has 2 aliphatic heterocycles. The number of carbonyl (C=O) groups excluding carboxylic acids is 4. The van der Waals surface area contributed by atoms with Crippen molar-refractivity contribution in [3.8, 4) is 17.2 Å². The molecule has 0 bridgehead atoms. The molecule has 0 spiro atoms. The van der Waals surface area contributed by atoms with Gasteiger partial charge in [-0.05, 0) is 90.9 Å². The van der Waals surface area contributed by atoms with E-state index in [4.69, 9.17) is 16.3 Å². The summed E-state index contributed by atoms with van der Waals surface area (Å²) in [5.74, 6) is -6.39. The van der Waals surface area contributed by atoms with Gasteiger partial charge in [0.15, 0.2) is 11.5 Å². The van der Waals surface area contributed by atoms with Crippen LogP contribution in [0.15, 0.2) is 103 Å². The number of methoxy groups -OCH3 is 1. The second-order valence-electron chi connectivity index (χ2n) is 14.0. The summed E-state index contributed by atoms with van der Waals surface area (Å²) in [6.45, 7) is 0.141. The quantitative estimate of drug-likeness (QED) is 0.145. The summed E-state index contributed by atoms with van der Waals surface area (Å²) in [6.07, 6.45) is 2.58. The number of carbonyl (C=O) groups is 4. The van der Waals surface area contributed by atoms with E-state index >= 15 is 4.79 Å². The first-order valence-corrected chi connectivity index (χ1v) is 17.8. The lowest BCUT2D eigenvalue weighted by atomic mass is 9.49. The van der Waals surface area contributed by atoms with Crippen molar-refractivity contribution in [1.82, 2.24) is 9.91 Å². The average Bonchev–Trinajstić information content (AvgIpc) is 3.53. The number of allylic oxidation sites excluding steroid dienone is 2. The molecule has 4 aromatic carbocycles. The van der Waals surface area contributed by atoms with Crippen molar-refractivity contribution in [1.29, 1.82) is 0 Å². The number of rotatable bonds is 8. The Balaban J connectivity index is 1.27. The fourth-order valence-corrected chi connectivity index (χ4v) is 9.25. The number of ether oxygens (including phenoxy) is 1. The van der Waals surface area contributed by atoms with Gasteiger partial charge in [0.25, 0.3) is 11.8 Å². The highest BCUT2D eigenvalue weighted by atomic mass is 35.5. The van der Waals surface area contributed by atoms with E-state index in [1.165, 1.54) is 36.3 Å². The number of aromatic hydroxyl groups is 2. The van der Waals surface area contributed by atoms with E-state index in [1.54, 1.807) is 66.7 Å². The number of nitrogens with one attached hydrogen (secondary N) is 1. The normalized spacial score (nSPS) is 26.2. The highest BCUT2D eigenvalue weighted by Crippen LogP contribution is 2.65. The summed E-state index contributed by atoms with van der Waals surface area (Å²) in [6, 6.07) is 23.5. The fraction of sp³-hybridized carbons (Fsp3) is 0.268. The van der Waals surface area contributed by atoms with Crippen LogP contribution in [0, 0.1) is 29.5 Å². The topological polar surface area (TPSA) is 136 Å². The Kier molecular flexibility index (Phi) is 8.48. The molecule has 0 unspecified atom stereocenters. The van der Waals surface area contributed by atoms with Gasteiger partial charge in [-0.25, -0.2) is 4.39 Å². The molecule has 53 heavy (non-hydrogen) atoms. The first-order chi connectivity index (χ1) is 25.5. The van der Waals surface area contributed by atoms with Crippen LogP contribution < -0.4 is 10.2 Å². The van der Waals surface area contributed by atoms with Crippen LogP contribution in [0.1, 0.15) is 35.4 Å². The molecule has 1 saturated carbocycles. The largest absolute Gasteiger partial charge is 0.508 e. The Bertz CT molecular complexity index is 2180. The highest BCUT2D eigenvalue weighted by Gasteiger charge is 2.70. The van der Waals surface area contributed by atoms with Crippen molar-refractivity contribution < 1.29 is 38.5 Å². The molecule has 2 heterocycles. The van der Waals surface area contributed by atoms with Crippen molar-refractivity contribution in [2.75, 3.05) is 19.1 Å². The lowest BCUT2D eigenvalue weighted by molar-refractivity contribution is -0.141. The Morgan fingerprint density at radius 3 is 2.30 bits per heavy atom. The van der Waals surface area contributed by atoms with Gasteiger partial charge in [0.05, 0.1) is 36.0 Å². The van der Waals surface area contributed by atoms with Crippen LogP contribution in [0.2, 0.25) is 5.02 Å². The molecule has 4 aromatic rings. The van der Waals surface area contributed by atoms with Gasteiger partial charge < -0.3 is 14.9 Å². The number of imide groups is 2. The van der Waals surface area contributed by atoms with Gasteiger partial charge in [-0.3, -0.25) is 29.5 Å². The van der Waals surface area contributed by atoms with Crippen LogP contribution >= 0.6 is 11.6 Å². The minimum atomic E-state index is -1.64. The molecule has 2 aliphatic carbocycles. The van der Waals surface area contributed by atoms with E-state index < -0.39 is 52.6 Å². The van der Waals surface area contributed by atoms with Crippen LogP contribution in [0.3, 0.4) is 0 Å². The number of hydrogen-bond acceptors (Lipinski definition) is 8. The molecule has 6 atom stereocenters. The van der Waals surface area contributed by atoms with Gasteiger partial charge in [0.2, 0.25) is 11.8 Å².